The summed E-state index contributed by atoms with van der Waals surface area (Å²) < 4.78 is 8.12. The number of benzene rings is 1. The van der Waals surface area contributed by atoms with Gasteiger partial charge in [-0.05, 0) is 42.4 Å². The zero-order valence-electron chi connectivity index (χ0n) is 21.2. The molecule has 1 aliphatic carbocycles. The van der Waals surface area contributed by atoms with E-state index in [1.54, 1.807) is 6.20 Å². The van der Waals surface area contributed by atoms with E-state index in [4.69, 9.17) is 4.42 Å². The lowest BCUT2D eigenvalue weighted by atomic mass is 9.95. The van der Waals surface area contributed by atoms with E-state index in [0.717, 1.165) is 59.7 Å². The quantitative estimate of drug-likeness (QED) is 0.289. The Bertz CT molecular complexity index is 1240. The maximum atomic E-state index is 12.1. The van der Waals surface area contributed by atoms with Crippen molar-refractivity contribution in [2.45, 2.75) is 60.4 Å². The molecule has 4 nitrogen and oxygen atoms in total. The topological polar surface area (TPSA) is 52.2 Å². The highest BCUT2D eigenvalue weighted by Gasteiger charge is 2.23. The first-order valence-corrected chi connectivity index (χ1v) is 12.1. The normalized spacial score (nSPS) is 13.2. The summed E-state index contributed by atoms with van der Waals surface area (Å²) in [5.41, 5.74) is 5.16. The second-order valence-electron chi connectivity index (χ2n) is 8.55. The Morgan fingerprint density at radius 3 is 2.41 bits per heavy atom. The van der Waals surface area contributed by atoms with E-state index in [2.05, 4.69) is 70.4 Å². The SMILES string of the molecule is C=C.CC.CC(C)C.O=Cc1cn2c(cc1=O)-c1oc3cc(C4=CC=CCC4)ccc3c1CC2. The van der Waals surface area contributed by atoms with Crippen LogP contribution in [0.3, 0.4) is 0 Å². The number of nitrogens with zero attached hydrogens (tertiary/aromatic N) is 1. The fraction of sp³-hybridized carbons (Fsp3) is 0.333. The largest absolute Gasteiger partial charge is 0.454 e. The lowest BCUT2D eigenvalue weighted by Gasteiger charge is -2.18. The molecule has 0 unspecified atom stereocenters. The van der Waals surface area contributed by atoms with E-state index in [0.29, 0.717) is 6.29 Å². The molecule has 5 rings (SSSR count). The molecule has 2 aromatic heterocycles. The van der Waals surface area contributed by atoms with Crippen LogP contribution in [0.5, 0.6) is 0 Å². The predicted molar refractivity (Wildman–Crippen MR) is 144 cm³/mol. The minimum Gasteiger partial charge on any atom is -0.454 e. The van der Waals surface area contributed by atoms with Gasteiger partial charge in [0.1, 0.15) is 5.58 Å². The Hall–Kier alpha value is -3.40. The molecule has 0 fully saturated rings. The van der Waals surface area contributed by atoms with Gasteiger partial charge < -0.3 is 8.98 Å². The second-order valence-corrected chi connectivity index (χ2v) is 8.55. The predicted octanol–water partition coefficient (Wildman–Crippen LogP) is 7.85. The fourth-order valence-corrected chi connectivity index (χ4v) is 3.94. The van der Waals surface area contributed by atoms with Gasteiger partial charge in [-0.15, -0.1) is 13.2 Å². The molecular weight excluding hydrogens is 422 g/mol. The monoisotopic (exact) mass is 459 g/mol. The molecule has 0 radical (unpaired) electrons. The standard InChI is InChI=1S/C22H17NO3.C4H10.C2H6.C2H4/c24-13-16-12-23-9-8-18-17-7-6-15(14-4-2-1-3-5-14)10-21(17)26-22(18)19(23)11-20(16)25;1-4(2)3;2*1-2/h1-2,4,6-7,10-13H,3,5,8-9H2;4H,1-3H3;1-2H3;1-2H2. The van der Waals surface area contributed by atoms with Crippen molar-refractivity contribution in [3.63, 3.8) is 0 Å². The van der Waals surface area contributed by atoms with Crippen molar-refractivity contribution in [2.24, 2.45) is 5.92 Å². The summed E-state index contributed by atoms with van der Waals surface area (Å²) in [4.78, 5) is 23.1. The van der Waals surface area contributed by atoms with Crippen LogP contribution in [-0.4, -0.2) is 10.9 Å². The number of pyridine rings is 1. The number of aromatic nitrogens is 1. The fourth-order valence-electron chi connectivity index (χ4n) is 3.94. The molecule has 0 N–H and O–H groups in total. The molecular formula is C30H37NO3. The second kappa shape index (κ2) is 12.7. The molecule has 1 aliphatic heterocycles. The lowest BCUT2D eigenvalue weighted by Crippen LogP contribution is -2.18. The van der Waals surface area contributed by atoms with E-state index >= 15 is 0 Å². The Labute approximate surface area is 203 Å². The van der Waals surface area contributed by atoms with Crippen molar-refractivity contribution in [2.75, 3.05) is 0 Å². The Morgan fingerprint density at radius 2 is 1.79 bits per heavy atom. The van der Waals surface area contributed by atoms with Gasteiger partial charge in [0.05, 0.1) is 11.3 Å². The smallest absolute Gasteiger partial charge is 0.192 e. The minimum absolute atomic E-state index is 0.188. The van der Waals surface area contributed by atoms with Crippen molar-refractivity contribution in [3.8, 4) is 11.5 Å². The summed E-state index contributed by atoms with van der Waals surface area (Å²) in [6.45, 7) is 17.2. The highest BCUT2D eigenvalue weighted by Crippen LogP contribution is 2.38. The molecule has 0 saturated carbocycles. The molecule has 3 aromatic rings. The average Bonchev–Trinajstić information content (AvgIpc) is 3.25. The molecule has 1 aromatic carbocycles. The molecule has 0 bridgehead atoms. The first-order chi connectivity index (χ1) is 16.5. The molecule has 0 amide bonds. The van der Waals surface area contributed by atoms with Gasteiger partial charge in [0.2, 0.25) is 0 Å². The summed E-state index contributed by atoms with van der Waals surface area (Å²) in [5.74, 6) is 1.58. The lowest BCUT2D eigenvalue weighted by molar-refractivity contribution is 0.112. The zero-order valence-corrected chi connectivity index (χ0v) is 21.2. The highest BCUT2D eigenvalue weighted by atomic mass is 16.3. The maximum absolute atomic E-state index is 12.1. The van der Waals surface area contributed by atoms with E-state index in [1.807, 2.05) is 18.4 Å². The van der Waals surface area contributed by atoms with E-state index in [-0.39, 0.29) is 11.0 Å². The van der Waals surface area contributed by atoms with Crippen LogP contribution in [0.1, 0.15) is 68.9 Å². The number of carbonyl (C=O) groups is 1. The molecule has 180 valence electrons. The van der Waals surface area contributed by atoms with Gasteiger partial charge in [-0.3, -0.25) is 9.59 Å². The molecule has 4 heteroatoms. The Kier molecular flexibility index (Phi) is 10.1. The highest BCUT2D eigenvalue weighted by molar-refractivity contribution is 5.90. The number of aldehydes is 1. The summed E-state index contributed by atoms with van der Waals surface area (Å²) in [6, 6.07) is 7.89. The summed E-state index contributed by atoms with van der Waals surface area (Å²) in [6.07, 6.45) is 11.6. The third-order valence-electron chi connectivity index (χ3n) is 5.30. The van der Waals surface area contributed by atoms with E-state index in [1.165, 1.54) is 17.2 Å². The van der Waals surface area contributed by atoms with Crippen molar-refractivity contribution >= 4 is 22.8 Å². The molecule has 3 heterocycles. The summed E-state index contributed by atoms with van der Waals surface area (Å²) in [5, 5.41) is 1.11. The van der Waals surface area contributed by atoms with Crippen LogP contribution in [0.2, 0.25) is 0 Å². The number of hydrogen-bond donors (Lipinski definition) is 0. The number of aryl methyl sites for hydroxylation is 2. The first kappa shape index (κ1) is 26.8. The third kappa shape index (κ3) is 5.93. The van der Waals surface area contributed by atoms with Crippen LogP contribution in [-0.2, 0) is 13.0 Å². The van der Waals surface area contributed by atoms with Gasteiger partial charge in [0.15, 0.2) is 17.5 Å². The van der Waals surface area contributed by atoms with Crippen molar-refractivity contribution in [1.82, 2.24) is 4.57 Å². The Morgan fingerprint density at radius 1 is 1.09 bits per heavy atom. The maximum Gasteiger partial charge on any atom is 0.192 e. The number of allylic oxidation sites excluding steroid dienone is 4. The third-order valence-corrected chi connectivity index (χ3v) is 5.30. The number of rotatable bonds is 2. The van der Waals surface area contributed by atoms with Crippen molar-refractivity contribution in [3.05, 3.63) is 88.8 Å². The molecule has 0 atom stereocenters. The summed E-state index contributed by atoms with van der Waals surface area (Å²) in [7, 11) is 0. The van der Waals surface area contributed by atoms with Gasteiger partial charge in [-0.25, -0.2) is 0 Å². The van der Waals surface area contributed by atoms with Crippen LogP contribution < -0.4 is 5.43 Å². The van der Waals surface area contributed by atoms with Crippen LogP contribution >= 0.6 is 0 Å². The van der Waals surface area contributed by atoms with Crippen LogP contribution in [0, 0.1) is 5.92 Å². The molecule has 0 spiro atoms. The van der Waals surface area contributed by atoms with Gasteiger partial charge in [0.25, 0.3) is 0 Å². The van der Waals surface area contributed by atoms with Gasteiger partial charge in [-0.1, -0.05) is 65.0 Å². The number of carbonyl (C=O) groups excluding carboxylic acids is 1. The van der Waals surface area contributed by atoms with Crippen LogP contribution in [0.25, 0.3) is 28.0 Å². The van der Waals surface area contributed by atoms with Gasteiger partial charge in [-0.2, -0.15) is 0 Å². The van der Waals surface area contributed by atoms with Gasteiger partial charge >= 0.3 is 0 Å². The van der Waals surface area contributed by atoms with Crippen LogP contribution in [0.15, 0.2) is 71.1 Å². The Balaban J connectivity index is 0.000000456. The number of fused-ring (bicyclic) bond motifs is 5. The van der Waals surface area contributed by atoms with E-state index < -0.39 is 0 Å². The van der Waals surface area contributed by atoms with Crippen molar-refractivity contribution < 1.29 is 9.21 Å². The molecule has 34 heavy (non-hydrogen) atoms. The van der Waals surface area contributed by atoms with Crippen molar-refractivity contribution in [1.29, 1.82) is 0 Å². The van der Waals surface area contributed by atoms with Crippen LogP contribution in [0.4, 0.5) is 0 Å². The number of furan rings is 1. The molecule has 2 aliphatic rings. The van der Waals surface area contributed by atoms with E-state index in [9.17, 15) is 9.59 Å². The average molecular weight is 460 g/mol. The zero-order chi connectivity index (χ0) is 25.3. The minimum atomic E-state index is -0.264. The first-order valence-electron chi connectivity index (χ1n) is 12.1. The van der Waals surface area contributed by atoms with Gasteiger partial charge in [0, 0.05) is 29.8 Å². The summed E-state index contributed by atoms with van der Waals surface area (Å²) >= 11 is 0. The number of hydrogen-bond acceptors (Lipinski definition) is 3. The molecule has 0 saturated heterocycles.